The Morgan fingerprint density at radius 3 is 2.80 bits per heavy atom. The first-order valence-corrected chi connectivity index (χ1v) is 6.92. The van der Waals surface area contributed by atoms with E-state index < -0.39 is 0 Å². The topological polar surface area (TPSA) is 59.6 Å². The number of benzene rings is 1. The van der Waals surface area contributed by atoms with Crippen LogP contribution in [0.25, 0.3) is 0 Å². The van der Waals surface area contributed by atoms with E-state index in [4.69, 9.17) is 9.47 Å². The van der Waals surface area contributed by atoms with E-state index >= 15 is 0 Å². The van der Waals surface area contributed by atoms with Crippen LogP contribution in [0.3, 0.4) is 0 Å². The van der Waals surface area contributed by atoms with Crippen molar-refractivity contribution >= 4 is 5.91 Å². The zero-order valence-corrected chi connectivity index (χ0v) is 12.5. The minimum Gasteiger partial charge on any atom is -0.497 e. The van der Waals surface area contributed by atoms with Crippen molar-refractivity contribution in [3.8, 4) is 11.5 Å². The highest BCUT2D eigenvalue weighted by Crippen LogP contribution is 2.24. The van der Waals surface area contributed by atoms with Gasteiger partial charge in [-0.3, -0.25) is 4.79 Å². The van der Waals surface area contributed by atoms with Crippen molar-refractivity contribution in [1.29, 1.82) is 0 Å². The fourth-order valence-corrected chi connectivity index (χ4v) is 1.73. The molecule has 0 atom stereocenters. The average molecular weight is 280 g/mol. The Morgan fingerprint density at radius 1 is 1.35 bits per heavy atom. The van der Waals surface area contributed by atoms with Crippen molar-refractivity contribution < 1.29 is 14.3 Å². The van der Waals surface area contributed by atoms with Gasteiger partial charge in [0.05, 0.1) is 7.11 Å². The zero-order chi connectivity index (χ0) is 14.8. The van der Waals surface area contributed by atoms with Crippen molar-refractivity contribution in [3.05, 3.63) is 23.8 Å². The first-order chi connectivity index (χ1) is 9.71. The predicted octanol–water partition coefficient (Wildman–Crippen LogP) is 1.71. The maximum absolute atomic E-state index is 11.6. The summed E-state index contributed by atoms with van der Waals surface area (Å²) >= 11 is 0. The summed E-state index contributed by atoms with van der Waals surface area (Å²) < 4.78 is 10.8. The summed E-state index contributed by atoms with van der Waals surface area (Å²) in [6.45, 7) is 3.48. The number of hydrogen-bond acceptors (Lipinski definition) is 4. The summed E-state index contributed by atoms with van der Waals surface area (Å²) in [4.78, 5) is 11.6. The van der Waals surface area contributed by atoms with Gasteiger partial charge in [0.15, 0.2) is 6.61 Å². The van der Waals surface area contributed by atoms with Gasteiger partial charge < -0.3 is 20.1 Å². The molecule has 5 heteroatoms. The molecule has 0 aromatic heterocycles. The first-order valence-electron chi connectivity index (χ1n) is 6.92. The molecule has 1 amide bonds. The lowest BCUT2D eigenvalue weighted by Gasteiger charge is -2.13. The van der Waals surface area contributed by atoms with Gasteiger partial charge in [-0.1, -0.05) is 19.4 Å². The molecule has 0 radical (unpaired) electrons. The number of rotatable bonds is 9. The molecule has 0 aliphatic rings. The molecule has 20 heavy (non-hydrogen) atoms. The Balaban J connectivity index is 2.58. The number of ether oxygens (including phenoxy) is 2. The molecule has 1 aromatic rings. The second-order valence-corrected chi connectivity index (χ2v) is 4.50. The molecule has 1 rings (SSSR count). The maximum Gasteiger partial charge on any atom is 0.257 e. The molecule has 112 valence electrons. The van der Waals surface area contributed by atoms with Gasteiger partial charge in [0.25, 0.3) is 5.91 Å². The van der Waals surface area contributed by atoms with Gasteiger partial charge in [-0.05, 0) is 19.5 Å². The largest absolute Gasteiger partial charge is 0.497 e. The summed E-state index contributed by atoms with van der Waals surface area (Å²) in [5.41, 5.74) is 0.995. The molecule has 2 N–H and O–H groups in total. The summed E-state index contributed by atoms with van der Waals surface area (Å²) in [6, 6.07) is 5.60. The lowest BCUT2D eigenvalue weighted by molar-refractivity contribution is -0.123. The Kier molecular flexibility index (Phi) is 7.50. The number of nitrogens with one attached hydrogen (secondary N) is 2. The van der Waals surface area contributed by atoms with Gasteiger partial charge in [0, 0.05) is 24.7 Å². The van der Waals surface area contributed by atoms with E-state index in [1.54, 1.807) is 13.2 Å². The molecule has 0 fully saturated rings. The highest BCUT2D eigenvalue weighted by molar-refractivity contribution is 5.77. The third-order valence-corrected chi connectivity index (χ3v) is 2.85. The fraction of sp³-hybridized carbons (Fsp3) is 0.533. The summed E-state index contributed by atoms with van der Waals surface area (Å²) in [5.74, 6) is 1.28. The lowest BCUT2D eigenvalue weighted by atomic mass is 10.2. The molecule has 0 saturated heterocycles. The van der Waals surface area contributed by atoms with Crippen LogP contribution in [0.1, 0.15) is 25.3 Å². The molecular weight excluding hydrogens is 256 g/mol. The molecule has 0 bridgehead atoms. The normalized spacial score (nSPS) is 10.2. The van der Waals surface area contributed by atoms with Crippen LogP contribution in [-0.4, -0.2) is 33.2 Å². The van der Waals surface area contributed by atoms with Crippen LogP contribution in [-0.2, 0) is 11.3 Å². The minimum atomic E-state index is -0.100. The Morgan fingerprint density at radius 2 is 2.15 bits per heavy atom. The Hall–Kier alpha value is -1.75. The van der Waals surface area contributed by atoms with Gasteiger partial charge in [-0.2, -0.15) is 0 Å². The second kappa shape index (κ2) is 9.20. The molecule has 0 aliphatic carbocycles. The minimum absolute atomic E-state index is 0.0214. The molecule has 0 spiro atoms. The third-order valence-electron chi connectivity index (χ3n) is 2.85. The number of methoxy groups -OCH3 is 1. The average Bonchev–Trinajstić information content (AvgIpc) is 2.46. The lowest BCUT2D eigenvalue weighted by Crippen LogP contribution is -2.29. The number of carbonyl (C=O) groups excluding carboxylic acids is 1. The SMILES string of the molecule is CCCCNC(=O)COc1cc(OC)ccc1CNC. The van der Waals surface area contributed by atoms with E-state index in [1.165, 1.54) is 0 Å². The fourth-order valence-electron chi connectivity index (χ4n) is 1.73. The van der Waals surface area contributed by atoms with Crippen molar-refractivity contribution in [3.63, 3.8) is 0 Å². The van der Waals surface area contributed by atoms with Crippen molar-refractivity contribution in [2.45, 2.75) is 26.3 Å². The summed E-state index contributed by atoms with van der Waals surface area (Å²) in [6.07, 6.45) is 2.04. The molecule has 0 aliphatic heterocycles. The Bertz CT molecular complexity index is 422. The monoisotopic (exact) mass is 280 g/mol. The first kappa shape index (κ1) is 16.3. The van der Waals surface area contributed by atoms with Gasteiger partial charge in [0.1, 0.15) is 11.5 Å². The highest BCUT2D eigenvalue weighted by atomic mass is 16.5. The maximum atomic E-state index is 11.6. The summed E-state index contributed by atoms with van der Waals surface area (Å²) in [5, 5.41) is 5.89. The number of amides is 1. The number of carbonyl (C=O) groups is 1. The van der Waals surface area contributed by atoms with E-state index in [0.717, 1.165) is 18.4 Å². The van der Waals surface area contributed by atoms with Crippen LogP contribution < -0.4 is 20.1 Å². The van der Waals surface area contributed by atoms with Crippen molar-refractivity contribution in [2.75, 3.05) is 27.3 Å². The molecule has 0 unspecified atom stereocenters. The van der Waals surface area contributed by atoms with Crippen LogP contribution in [0.15, 0.2) is 18.2 Å². The third kappa shape index (κ3) is 5.48. The molecule has 1 aromatic carbocycles. The second-order valence-electron chi connectivity index (χ2n) is 4.50. The molecule has 0 saturated carbocycles. The van der Waals surface area contributed by atoms with Gasteiger partial charge >= 0.3 is 0 Å². The van der Waals surface area contributed by atoms with Crippen LogP contribution in [0.5, 0.6) is 11.5 Å². The van der Waals surface area contributed by atoms with E-state index in [0.29, 0.717) is 24.6 Å². The predicted molar refractivity (Wildman–Crippen MR) is 79.2 cm³/mol. The van der Waals surface area contributed by atoms with Crippen LogP contribution >= 0.6 is 0 Å². The van der Waals surface area contributed by atoms with E-state index in [9.17, 15) is 4.79 Å². The standard InChI is InChI=1S/C15H24N2O3/c1-4-5-8-17-15(18)11-20-14-9-13(19-3)7-6-12(14)10-16-2/h6-7,9,16H,4-5,8,10-11H2,1-3H3,(H,17,18). The van der Waals surface area contributed by atoms with Crippen LogP contribution in [0, 0.1) is 0 Å². The number of unbranched alkanes of at least 4 members (excludes halogenated alkanes) is 1. The molecule has 0 heterocycles. The summed E-state index contributed by atoms with van der Waals surface area (Å²) in [7, 11) is 3.47. The van der Waals surface area contributed by atoms with E-state index in [2.05, 4.69) is 17.6 Å². The smallest absolute Gasteiger partial charge is 0.257 e. The Labute approximate surface area is 120 Å². The van der Waals surface area contributed by atoms with E-state index in [-0.39, 0.29) is 12.5 Å². The van der Waals surface area contributed by atoms with Gasteiger partial charge in [0.2, 0.25) is 0 Å². The zero-order valence-electron chi connectivity index (χ0n) is 12.5. The van der Waals surface area contributed by atoms with Crippen molar-refractivity contribution in [2.24, 2.45) is 0 Å². The number of hydrogen-bond donors (Lipinski definition) is 2. The van der Waals surface area contributed by atoms with Gasteiger partial charge in [-0.15, -0.1) is 0 Å². The highest BCUT2D eigenvalue weighted by Gasteiger charge is 2.08. The van der Waals surface area contributed by atoms with Crippen LogP contribution in [0.2, 0.25) is 0 Å². The van der Waals surface area contributed by atoms with E-state index in [1.807, 2.05) is 19.2 Å². The van der Waals surface area contributed by atoms with Crippen molar-refractivity contribution in [1.82, 2.24) is 10.6 Å². The van der Waals surface area contributed by atoms with Crippen LogP contribution in [0.4, 0.5) is 0 Å². The quantitative estimate of drug-likeness (QED) is 0.676. The molecular formula is C15H24N2O3. The van der Waals surface area contributed by atoms with Gasteiger partial charge in [-0.25, -0.2) is 0 Å². The molecule has 5 nitrogen and oxygen atoms in total.